The molecule has 2 heterocycles. The number of pyridine rings is 1. The van der Waals surface area contributed by atoms with Gasteiger partial charge in [-0.3, -0.25) is 9.69 Å². The first kappa shape index (κ1) is 13.5. The molecule has 1 amide bonds. The number of rotatable bonds is 2. The Morgan fingerprint density at radius 2 is 1.90 bits per heavy atom. The van der Waals surface area contributed by atoms with Gasteiger partial charge >= 0.3 is 0 Å². The van der Waals surface area contributed by atoms with E-state index in [4.69, 9.17) is 5.26 Å². The lowest BCUT2D eigenvalue weighted by Gasteiger charge is -2.33. The average molecular weight is 280 g/mol. The molecule has 2 aromatic rings. The number of aromatic nitrogens is 1. The zero-order valence-electron chi connectivity index (χ0n) is 11.7. The third-order valence-corrected chi connectivity index (χ3v) is 3.77. The number of benzene rings is 1. The van der Waals surface area contributed by atoms with Crippen molar-refractivity contribution in [3.63, 3.8) is 0 Å². The van der Waals surface area contributed by atoms with Crippen molar-refractivity contribution in [3.8, 4) is 6.07 Å². The van der Waals surface area contributed by atoms with E-state index in [0.29, 0.717) is 25.3 Å². The Labute approximate surface area is 123 Å². The van der Waals surface area contributed by atoms with Crippen molar-refractivity contribution in [1.82, 2.24) is 14.8 Å². The number of hydrogen-bond acceptors (Lipinski definition) is 4. The molecule has 106 valence electrons. The van der Waals surface area contributed by atoms with Gasteiger partial charge in [-0.25, -0.2) is 4.98 Å². The molecule has 0 unspecified atom stereocenters. The fourth-order valence-corrected chi connectivity index (χ4v) is 2.56. The molecule has 5 heteroatoms. The van der Waals surface area contributed by atoms with Crippen LogP contribution in [0.1, 0.15) is 10.5 Å². The molecule has 1 aliphatic heterocycles. The quantitative estimate of drug-likeness (QED) is 0.782. The molecule has 1 aromatic heterocycles. The van der Waals surface area contributed by atoms with E-state index in [1.54, 1.807) is 6.07 Å². The van der Waals surface area contributed by atoms with Crippen molar-refractivity contribution in [2.75, 3.05) is 32.7 Å². The number of fused-ring (bicyclic) bond motifs is 1. The summed E-state index contributed by atoms with van der Waals surface area (Å²) in [5.41, 5.74) is 1.33. The van der Waals surface area contributed by atoms with Gasteiger partial charge in [-0.05, 0) is 12.1 Å². The predicted octanol–water partition coefficient (Wildman–Crippen LogP) is 1.52. The molecular weight excluding hydrogens is 264 g/mol. The van der Waals surface area contributed by atoms with Crippen LogP contribution < -0.4 is 0 Å². The Balaban J connectivity index is 1.74. The van der Waals surface area contributed by atoms with Crippen LogP contribution in [0.2, 0.25) is 0 Å². The minimum absolute atomic E-state index is 0.0302. The number of para-hydroxylation sites is 1. The molecule has 5 nitrogen and oxygen atoms in total. The molecular formula is C16H16N4O. The Kier molecular flexibility index (Phi) is 3.80. The lowest BCUT2D eigenvalue weighted by atomic mass is 10.2. The van der Waals surface area contributed by atoms with Gasteiger partial charge in [0.15, 0.2) is 0 Å². The van der Waals surface area contributed by atoms with Gasteiger partial charge < -0.3 is 4.90 Å². The monoisotopic (exact) mass is 280 g/mol. The standard InChI is InChI=1S/C16H16N4O/c17-7-8-19-9-11-20(12-10-19)16(21)15-6-5-13-3-1-2-4-14(13)18-15/h1-6H,8-12H2. The van der Waals surface area contributed by atoms with Crippen LogP contribution in [0.25, 0.3) is 10.9 Å². The van der Waals surface area contributed by atoms with E-state index < -0.39 is 0 Å². The van der Waals surface area contributed by atoms with Crippen LogP contribution >= 0.6 is 0 Å². The number of piperazine rings is 1. The maximum absolute atomic E-state index is 12.5. The van der Waals surface area contributed by atoms with Gasteiger partial charge in [0.05, 0.1) is 18.1 Å². The number of nitriles is 1. The summed E-state index contributed by atoms with van der Waals surface area (Å²) >= 11 is 0. The van der Waals surface area contributed by atoms with Crippen molar-refractivity contribution >= 4 is 16.8 Å². The van der Waals surface area contributed by atoms with E-state index >= 15 is 0 Å². The maximum atomic E-state index is 12.5. The van der Waals surface area contributed by atoms with Crippen LogP contribution in [0.3, 0.4) is 0 Å². The van der Waals surface area contributed by atoms with Gasteiger partial charge in [0.25, 0.3) is 5.91 Å². The summed E-state index contributed by atoms with van der Waals surface area (Å²) in [4.78, 5) is 20.8. The van der Waals surface area contributed by atoms with Gasteiger partial charge in [0.1, 0.15) is 5.69 Å². The van der Waals surface area contributed by atoms with Crippen molar-refractivity contribution < 1.29 is 4.79 Å². The Hall–Kier alpha value is -2.45. The third-order valence-electron chi connectivity index (χ3n) is 3.77. The molecule has 1 fully saturated rings. The molecule has 0 bridgehead atoms. The van der Waals surface area contributed by atoms with Gasteiger partial charge in [0, 0.05) is 31.6 Å². The molecule has 21 heavy (non-hydrogen) atoms. The lowest BCUT2D eigenvalue weighted by molar-refractivity contribution is 0.0646. The number of carbonyl (C=O) groups is 1. The first-order valence-electron chi connectivity index (χ1n) is 7.02. The largest absolute Gasteiger partial charge is 0.335 e. The van der Waals surface area contributed by atoms with E-state index in [1.165, 1.54) is 0 Å². The van der Waals surface area contributed by atoms with Crippen LogP contribution in [0.5, 0.6) is 0 Å². The zero-order chi connectivity index (χ0) is 14.7. The number of nitrogens with zero attached hydrogens (tertiary/aromatic N) is 4. The molecule has 0 aliphatic carbocycles. The van der Waals surface area contributed by atoms with E-state index in [-0.39, 0.29) is 5.91 Å². The minimum Gasteiger partial charge on any atom is -0.335 e. The molecule has 0 N–H and O–H groups in total. The van der Waals surface area contributed by atoms with Gasteiger partial charge in [-0.2, -0.15) is 5.26 Å². The van der Waals surface area contributed by atoms with Crippen molar-refractivity contribution in [1.29, 1.82) is 5.26 Å². The minimum atomic E-state index is -0.0302. The normalized spacial score (nSPS) is 15.9. The Morgan fingerprint density at radius 1 is 1.14 bits per heavy atom. The van der Waals surface area contributed by atoms with Crippen molar-refractivity contribution in [2.24, 2.45) is 0 Å². The highest BCUT2D eigenvalue weighted by Crippen LogP contribution is 2.14. The molecule has 0 spiro atoms. The summed E-state index contributed by atoms with van der Waals surface area (Å²) in [6.07, 6.45) is 0. The van der Waals surface area contributed by atoms with Crippen LogP contribution in [0.4, 0.5) is 0 Å². The summed E-state index contributed by atoms with van der Waals surface area (Å²) in [6.45, 7) is 3.21. The highest BCUT2D eigenvalue weighted by molar-refractivity contribution is 5.95. The molecule has 0 saturated carbocycles. The van der Waals surface area contributed by atoms with Crippen LogP contribution in [0.15, 0.2) is 36.4 Å². The second-order valence-electron chi connectivity index (χ2n) is 5.12. The lowest BCUT2D eigenvalue weighted by Crippen LogP contribution is -2.48. The van der Waals surface area contributed by atoms with Gasteiger partial charge in [-0.1, -0.05) is 24.3 Å². The third kappa shape index (κ3) is 2.86. The Morgan fingerprint density at radius 3 is 2.67 bits per heavy atom. The first-order chi connectivity index (χ1) is 10.3. The van der Waals surface area contributed by atoms with Crippen LogP contribution in [-0.2, 0) is 0 Å². The van der Waals surface area contributed by atoms with E-state index in [0.717, 1.165) is 24.0 Å². The molecule has 3 rings (SSSR count). The van der Waals surface area contributed by atoms with Gasteiger partial charge in [0.2, 0.25) is 0 Å². The predicted molar refractivity (Wildman–Crippen MR) is 79.7 cm³/mol. The Bertz CT molecular complexity index is 699. The molecule has 1 aromatic carbocycles. The number of carbonyl (C=O) groups excluding carboxylic acids is 1. The number of hydrogen-bond donors (Lipinski definition) is 0. The van der Waals surface area contributed by atoms with Crippen LogP contribution in [-0.4, -0.2) is 53.4 Å². The summed E-state index contributed by atoms with van der Waals surface area (Å²) in [7, 11) is 0. The average Bonchev–Trinajstić information content (AvgIpc) is 2.55. The number of amides is 1. The summed E-state index contributed by atoms with van der Waals surface area (Å²) in [5, 5.41) is 9.73. The van der Waals surface area contributed by atoms with Crippen molar-refractivity contribution in [3.05, 3.63) is 42.1 Å². The fraction of sp³-hybridized carbons (Fsp3) is 0.312. The van der Waals surface area contributed by atoms with Crippen molar-refractivity contribution in [2.45, 2.75) is 0 Å². The zero-order valence-corrected chi connectivity index (χ0v) is 11.7. The smallest absolute Gasteiger partial charge is 0.272 e. The molecule has 0 atom stereocenters. The second-order valence-corrected chi connectivity index (χ2v) is 5.12. The highest BCUT2D eigenvalue weighted by Gasteiger charge is 2.22. The van der Waals surface area contributed by atoms with E-state index in [2.05, 4.69) is 16.0 Å². The van der Waals surface area contributed by atoms with Crippen LogP contribution in [0, 0.1) is 11.3 Å². The first-order valence-corrected chi connectivity index (χ1v) is 7.02. The second kappa shape index (κ2) is 5.90. The summed E-state index contributed by atoms with van der Waals surface area (Å²) < 4.78 is 0. The van der Waals surface area contributed by atoms with Gasteiger partial charge in [-0.15, -0.1) is 0 Å². The highest BCUT2D eigenvalue weighted by atomic mass is 16.2. The maximum Gasteiger partial charge on any atom is 0.272 e. The SMILES string of the molecule is N#CCN1CCN(C(=O)c2ccc3ccccc3n2)CC1. The topological polar surface area (TPSA) is 60.2 Å². The fourth-order valence-electron chi connectivity index (χ4n) is 2.56. The summed E-state index contributed by atoms with van der Waals surface area (Å²) in [5.74, 6) is -0.0302. The van der Waals surface area contributed by atoms with E-state index in [1.807, 2.05) is 35.2 Å². The molecule has 1 aliphatic rings. The molecule has 1 saturated heterocycles. The van der Waals surface area contributed by atoms with E-state index in [9.17, 15) is 4.79 Å². The molecule has 0 radical (unpaired) electrons. The summed E-state index contributed by atoms with van der Waals surface area (Å²) in [6, 6.07) is 13.6.